The summed E-state index contributed by atoms with van der Waals surface area (Å²) in [6.07, 6.45) is 5.29. The second-order valence-corrected chi connectivity index (χ2v) is 6.31. The van der Waals surface area contributed by atoms with Crippen molar-refractivity contribution in [1.29, 1.82) is 0 Å². The van der Waals surface area contributed by atoms with E-state index in [9.17, 15) is 0 Å². The third-order valence-electron chi connectivity index (χ3n) is 4.29. The van der Waals surface area contributed by atoms with Crippen molar-refractivity contribution in [3.63, 3.8) is 0 Å². The van der Waals surface area contributed by atoms with Crippen LogP contribution in [0.15, 0.2) is 28.9 Å². The molecule has 128 valence electrons. The molecule has 0 aliphatic carbocycles. The predicted octanol–water partition coefficient (Wildman–Crippen LogP) is 2.83. The summed E-state index contributed by atoms with van der Waals surface area (Å²) in [5.74, 6) is 3.46. The van der Waals surface area contributed by atoms with Crippen LogP contribution in [-0.4, -0.2) is 29.1 Å². The summed E-state index contributed by atoms with van der Waals surface area (Å²) in [5.41, 5.74) is 3.54. The van der Waals surface area contributed by atoms with Crippen molar-refractivity contribution in [2.75, 3.05) is 0 Å². The summed E-state index contributed by atoms with van der Waals surface area (Å²) in [4.78, 5) is 13.7. The lowest BCUT2D eigenvalue weighted by molar-refractivity contribution is 0.546. The molecule has 4 aromatic heterocycles. The Hall–Kier alpha value is -2.96. The zero-order valence-electron chi connectivity index (χ0n) is 14.8. The zero-order valence-corrected chi connectivity index (χ0v) is 14.8. The number of hydrogen-bond acceptors (Lipinski definition) is 5. The van der Waals surface area contributed by atoms with Gasteiger partial charge in [-0.3, -0.25) is 4.98 Å². The lowest BCUT2D eigenvalue weighted by Gasteiger charge is -1.98. The van der Waals surface area contributed by atoms with Crippen LogP contribution in [0, 0.1) is 20.8 Å². The van der Waals surface area contributed by atoms with Gasteiger partial charge in [-0.25, -0.2) is 14.5 Å². The monoisotopic (exact) mass is 336 g/mol. The molecule has 0 amide bonds. The first-order chi connectivity index (χ1) is 12.0. The van der Waals surface area contributed by atoms with Crippen LogP contribution in [0.1, 0.15) is 28.8 Å². The fraction of sp³-hybridized carbons (Fsp3) is 0.333. The number of nitrogens with zero attached hydrogens (tertiary/aromatic N) is 6. The number of imidazole rings is 1. The molecular weight excluding hydrogens is 316 g/mol. The quantitative estimate of drug-likeness (QED) is 0.573. The highest BCUT2D eigenvalue weighted by molar-refractivity contribution is 5.51. The van der Waals surface area contributed by atoms with Gasteiger partial charge in [0.2, 0.25) is 0 Å². The Labute approximate surface area is 145 Å². The number of hydrogen-bond donors (Lipinski definition) is 0. The van der Waals surface area contributed by atoms with Crippen molar-refractivity contribution in [2.45, 2.75) is 33.6 Å². The third-order valence-corrected chi connectivity index (χ3v) is 4.29. The van der Waals surface area contributed by atoms with E-state index >= 15 is 0 Å². The molecule has 7 heteroatoms. The molecule has 0 N–H and O–H groups in total. The molecule has 7 nitrogen and oxygen atoms in total. The van der Waals surface area contributed by atoms with E-state index in [-0.39, 0.29) is 0 Å². The summed E-state index contributed by atoms with van der Waals surface area (Å²) in [5, 5.41) is 4.60. The standard InChI is InChI=1S/C18H20N6O/c1-11-9-19-13(3)18-21-16(22-24(11)18)7-8-17-20-14(10-23(17)4)15-6-5-12(2)25-15/h5-6,9-10H,7-8H2,1-4H3. The number of furan rings is 1. The van der Waals surface area contributed by atoms with Crippen LogP contribution >= 0.6 is 0 Å². The van der Waals surface area contributed by atoms with E-state index in [4.69, 9.17) is 9.40 Å². The molecule has 0 unspecified atom stereocenters. The third kappa shape index (κ3) is 2.82. The smallest absolute Gasteiger partial charge is 0.177 e. The van der Waals surface area contributed by atoms with Crippen LogP contribution in [0.4, 0.5) is 0 Å². The summed E-state index contributed by atoms with van der Waals surface area (Å²) < 4.78 is 9.54. The molecule has 0 fully saturated rings. The highest BCUT2D eigenvalue weighted by atomic mass is 16.3. The maximum Gasteiger partial charge on any atom is 0.177 e. The van der Waals surface area contributed by atoms with Gasteiger partial charge in [0.15, 0.2) is 17.2 Å². The van der Waals surface area contributed by atoms with Gasteiger partial charge < -0.3 is 8.98 Å². The Bertz CT molecular complexity index is 1020. The van der Waals surface area contributed by atoms with E-state index in [1.807, 2.05) is 61.4 Å². The second-order valence-electron chi connectivity index (χ2n) is 6.31. The van der Waals surface area contributed by atoms with Gasteiger partial charge in [-0.05, 0) is 32.9 Å². The first-order valence-electron chi connectivity index (χ1n) is 8.28. The minimum Gasteiger partial charge on any atom is -0.460 e. The van der Waals surface area contributed by atoms with Gasteiger partial charge in [0.05, 0.1) is 11.4 Å². The Morgan fingerprint density at radius 2 is 1.92 bits per heavy atom. The van der Waals surface area contributed by atoms with Gasteiger partial charge in [0.25, 0.3) is 0 Å². The maximum atomic E-state index is 5.66. The molecule has 0 bridgehead atoms. The molecule has 0 aromatic carbocycles. The first-order valence-corrected chi connectivity index (χ1v) is 8.28. The van der Waals surface area contributed by atoms with E-state index in [0.29, 0.717) is 0 Å². The number of aromatic nitrogens is 6. The molecule has 0 spiro atoms. The van der Waals surface area contributed by atoms with Gasteiger partial charge >= 0.3 is 0 Å². The van der Waals surface area contributed by atoms with Crippen LogP contribution in [-0.2, 0) is 19.9 Å². The average molecular weight is 336 g/mol. The van der Waals surface area contributed by atoms with E-state index in [0.717, 1.165) is 58.7 Å². The van der Waals surface area contributed by atoms with Crippen molar-refractivity contribution in [1.82, 2.24) is 29.1 Å². The van der Waals surface area contributed by atoms with Crippen LogP contribution in [0.5, 0.6) is 0 Å². The summed E-state index contributed by atoms with van der Waals surface area (Å²) in [7, 11) is 2.00. The normalized spacial score (nSPS) is 11.5. The average Bonchev–Trinajstić information content (AvgIpc) is 3.28. The van der Waals surface area contributed by atoms with E-state index < -0.39 is 0 Å². The minimum atomic E-state index is 0.724. The molecule has 0 aliphatic rings. The Morgan fingerprint density at radius 1 is 1.08 bits per heavy atom. The molecule has 0 aliphatic heterocycles. The number of rotatable bonds is 4. The van der Waals surface area contributed by atoms with E-state index in [2.05, 4.69) is 15.1 Å². The van der Waals surface area contributed by atoms with E-state index in [1.54, 1.807) is 0 Å². The van der Waals surface area contributed by atoms with Crippen LogP contribution < -0.4 is 0 Å². The number of fused-ring (bicyclic) bond motifs is 1. The Morgan fingerprint density at radius 3 is 2.64 bits per heavy atom. The highest BCUT2D eigenvalue weighted by Crippen LogP contribution is 2.21. The van der Waals surface area contributed by atoms with Gasteiger partial charge in [0, 0.05) is 32.3 Å². The molecule has 25 heavy (non-hydrogen) atoms. The topological polar surface area (TPSA) is 74.0 Å². The largest absolute Gasteiger partial charge is 0.460 e. The molecule has 4 rings (SSSR count). The van der Waals surface area contributed by atoms with Crippen molar-refractivity contribution in [3.05, 3.63) is 53.3 Å². The molecule has 0 saturated heterocycles. The van der Waals surface area contributed by atoms with Gasteiger partial charge in [-0.1, -0.05) is 0 Å². The summed E-state index contributed by atoms with van der Waals surface area (Å²) in [6.45, 7) is 5.86. The van der Waals surface area contributed by atoms with Crippen molar-refractivity contribution in [3.8, 4) is 11.5 Å². The van der Waals surface area contributed by atoms with Gasteiger partial charge in [-0.2, -0.15) is 5.10 Å². The molecule has 4 heterocycles. The molecule has 0 atom stereocenters. The van der Waals surface area contributed by atoms with E-state index in [1.165, 1.54) is 0 Å². The summed E-state index contributed by atoms with van der Waals surface area (Å²) >= 11 is 0. The lowest BCUT2D eigenvalue weighted by atomic mass is 10.3. The van der Waals surface area contributed by atoms with Crippen LogP contribution in [0.2, 0.25) is 0 Å². The molecule has 0 saturated carbocycles. The minimum absolute atomic E-state index is 0.724. The molecule has 4 aromatic rings. The Kier molecular flexibility index (Phi) is 3.63. The molecular formula is C18H20N6O. The SMILES string of the molecule is Cc1ccc(-c2cn(C)c(CCc3nc4c(C)ncc(C)n4n3)n2)o1. The highest BCUT2D eigenvalue weighted by Gasteiger charge is 2.13. The van der Waals surface area contributed by atoms with Crippen LogP contribution in [0.3, 0.4) is 0 Å². The second kappa shape index (κ2) is 5.84. The fourth-order valence-electron chi connectivity index (χ4n) is 2.89. The van der Waals surface area contributed by atoms with Crippen molar-refractivity contribution >= 4 is 5.65 Å². The fourth-order valence-corrected chi connectivity index (χ4v) is 2.89. The number of aryl methyl sites for hydroxylation is 6. The predicted molar refractivity (Wildman–Crippen MR) is 93.3 cm³/mol. The first kappa shape index (κ1) is 15.6. The maximum absolute atomic E-state index is 5.66. The van der Waals surface area contributed by atoms with Gasteiger partial charge in [-0.15, -0.1) is 0 Å². The lowest BCUT2D eigenvalue weighted by Crippen LogP contribution is -2.01. The van der Waals surface area contributed by atoms with Crippen molar-refractivity contribution < 1.29 is 4.42 Å². The Balaban J connectivity index is 1.56. The molecule has 0 radical (unpaired) electrons. The summed E-state index contributed by atoms with van der Waals surface area (Å²) in [6, 6.07) is 3.90. The van der Waals surface area contributed by atoms with Crippen LogP contribution in [0.25, 0.3) is 17.1 Å². The zero-order chi connectivity index (χ0) is 17.6. The van der Waals surface area contributed by atoms with Gasteiger partial charge in [0.1, 0.15) is 17.3 Å². The van der Waals surface area contributed by atoms with Crippen molar-refractivity contribution in [2.24, 2.45) is 7.05 Å².